The molecular formula is C16H18N2OS2+2. The number of benzene rings is 1. The number of rotatable bonds is 4. The summed E-state index contributed by atoms with van der Waals surface area (Å²) in [5.74, 6) is 2.55. The second kappa shape index (κ2) is 7.00. The molecule has 0 spiro atoms. The molecule has 2 heterocycles. The van der Waals surface area contributed by atoms with Gasteiger partial charge in [0, 0.05) is 17.7 Å². The van der Waals surface area contributed by atoms with Gasteiger partial charge in [0.2, 0.25) is 10.1 Å². The van der Waals surface area contributed by atoms with E-state index < -0.39 is 0 Å². The topological polar surface area (TPSA) is 48.2 Å². The molecule has 1 aromatic rings. The number of hydrogen-bond donors (Lipinski definition) is 3. The van der Waals surface area contributed by atoms with Crippen LogP contribution in [0, 0.1) is 0 Å². The molecule has 0 atom stereocenters. The van der Waals surface area contributed by atoms with Gasteiger partial charge in [0.1, 0.15) is 5.75 Å². The number of hydrogen-bond acceptors (Lipinski definition) is 3. The first-order valence-corrected chi connectivity index (χ1v) is 8.95. The molecule has 21 heavy (non-hydrogen) atoms. The van der Waals surface area contributed by atoms with Gasteiger partial charge in [0.15, 0.2) is 13.1 Å². The fourth-order valence-corrected chi connectivity index (χ4v) is 3.72. The van der Waals surface area contributed by atoms with Crippen molar-refractivity contribution >= 4 is 45.8 Å². The van der Waals surface area contributed by atoms with Gasteiger partial charge in [0.05, 0.1) is 11.5 Å². The summed E-state index contributed by atoms with van der Waals surface area (Å²) in [4.78, 5) is 6.64. The Morgan fingerprint density at radius 1 is 0.905 bits per heavy atom. The zero-order chi connectivity index (χ0) is 14.5. The lowest BCUT2D eigenvalue weighted by molar-refractivity contribution is -0.443. The van der Waals surface area contributed by atoms with Crippen molar-refractivity contribution in [3.63, 3.8) is 0 Å². The first-order chi connectivity index (χ1) is 10.3. The van der Waals surface area contributed by atoms with Crippen molar-refractivity contribution in [1.82, 2.24) is 0 Å². The Labute approximate surface area is 133 Å². The molecule has 108 valence electrons. The minimum Gasteiger partial charge on any atom is -0.507 e. The lowest BCUT2D eigenvalue weighted by Gasteiger charge is -2.00. The van der Waals surface area contributed by atoms with Gasteiger partial charge < -0.3 is 5.11 Å². The minimum atomic E-state index is 0.313. The van der Waals surface area contributed by atoms with Crippen molar-refractivity contribution in [2.45, 2.75) is 0 Å². The van der Waals surface area contributed by atoms with Crippen molar-refractivity contribution in [1.29, 1.82) is 0 Å². The van der Waals surface area contributed by atoms with Crippen LogP contribution in [0.3, 0.4) is 0 Å². The number of thioether (sulfide) groups is 2. The van der Waals surface area contributed by atoms with E-state index in [1.807, 2.05) is 47.8 Å². The van der Waals surface area contributed by atoms with E-state index in [4.69, 9.17) is 0 Å². The van der Waals surface area contributed by atoms with Crippen LogP contribution in [0.25, 0.3) is 12.2 Å². The fraction of sp³-hybridized carbons (Fsp3) is 0.250. The van der Waals surface area contributed by atoms with Gasteiger partial charge >= 0.3 is 0 Å². The first kappa shape index (κ1) is 14.5. The highest BCUT2D eigenvalue weighted by molar-refractivity contribution is 8.14. The van der Waals surface area contributed by atoms with Crippen molar-refractivity contribution < 1.29 is 15.1 Å². The molecule has 0 amide bonds. The predicted molar refractivity (Wildman–Crippen MR) is 92.8 cm³/mol. The summed E-state index contributed by atoms with van der Waals surface area (Å²) in [5.41, 5.74) is 1.93. The number of aromatic hydroxyl groups is 1. The summed E-state index contributed by atoms with van der Waals surface area (Å²) in [6.07, 6.45) is 8.17. The summed E-state index contributed by atoms with van der Waals surface area (Å²) in [6, 6.07) is 5.68. The molecule has 5 heteroatoms. The maximum atomic E-state index is 9.96. The van der Waals surface area contributed by atoms with Gasteiger partial charge in [-0.2, -0.15) is 0 Å². The van der Waals surface area contributed by atoms with E-state index in [0.29, 0.717) is 5.75 Å². The molecule has 0 bridgehead atoms. The van der Waals surface area contributed by atoms with E-state index in [1.165, 1.54) is 5.04 Å². The highest BCUT2D eigenvalue weighted by Crippen LogP contribution is 2.21. The van der Waals surface area contributed by atoms with Crippen LogP contribution in [0.2, 0.25) is 0 Å². The van der Waals surface area contributed by atoms with Crippen LogP contribution >= 0.6 is 23.5 Å². The fourth-order valence-electron chi connectivity index (χ4n) is 2.13. The third-order valence-electron chi connectivity index (χ3n) is 3.21. The smallest absolute Gasteiger partial charge is 0.233 e. The second-order valence-electron chi connectivity index (χ2n) is 4.76. The van der Waals surface area contributed by atoms with Gasteiger partial charge in [-0.25, -0.2) is 9.98 Å². The average molecular weight is 318 g/mol. The number of phenols is 1. The van der Waals surface area contributed by atoms with Crippen LogP contribution in [0.15, 0.2) is 30.4 Å². The Kier molecular flexibility index (Phi) is 4.83. The molecule has 0 radical (unpaired) electrons. The van der Waals surface area contributed by atoms with E-state index in [0.717, 1.165) is 40.8 Å². The van der Waals surface area contributed by atoms with E-state index in [-0.39, 0.29) is 0 Å². The molecule has 1 aromatic carbocycles. The summed E-state index contributed by atoms with van der Waals surface area (Å²) < 4.78 is 0. The van der Waals surface area contributed by atoms with Crippen molar-refractivity contribution in [2.75, 3.05) is 24.6 Å². The van der Waals surface area contributed by atoms with Crippen molar-refractivity contribution in [3.05, 3.63) is 41.5 Å². The van der Waals surface area contributed by atoms with Crippen LogP contribution in [-0.4, -0.2) is 39.8 Å². The Morgan fingerprint density at radius 3 is 2.19 bits per heavy atom. The summed E-state index contributed by atoms with van der Waals surface area (Å²) in [7, 11) is 0. The van der Waals surface area contributed by atoms with E-state index in [1.54, 1.807) is 6.07 Å². The van der Waals surface area contributed by atoms with E-state index >= 15 is 0 Å². The molecule has 2 aliphatic heterocycles. The minimum absolute atomic E-state index is 0.313. The van der Waals surface area contributed by atoms with Gasteiger partial charge in [-0.05, 0) is 29.8 Å². The van der Waals surface area contributed by atoms with Crippen LogP contribution in [0.1, 0.15) is 11.1 Å². The normalized spacial score (nSPS) is 18.7. The highest BCUT2D eigenvalue weighted by Gasteiger charge is 2.11. The molecule has 0 unspecified atom stereocenters. The summed E-state index contributed by atoms with van der Waals surface area (Å²) in [5, 5.41) is 12.3. The SMILES string of the molecule is Oc1ccc(/C=C/C2=[NH+]CCS2)cc1/C=C/C1=[NH+]CCS1. The van der Waals surface area contributed by atoms with Gasteiger partial charge in [-0.1, -0.05) is 29.6 Å². The maximum Gasteiger partial charge on any atom is 0.233 e. The van der Waals surface area contributed by atoms with Gasteiger partial charge in [-0.3, -0.25) is 0 Å². The Morgan fingerprint density at radius 2 is 1.57 bits per heavy atom. The van der Waals surface area contributed by atoms with E-state index in [2.05, 4.69) is 22.1 Å². The highest BCUT2D eigenvalue weighted by atomic mass is 32.2. The molecule has 2 aliphatic rings. The zero-order valence-electron chi connectivity index (χ0n) is 11.6. The molecule has 3 rings (SSSR count). The largest absolute Gasteiger partial charge is 0.507 e. The predicted octanol–water partition coefficient (Wildman–Crippen LogP) is -0.130. The molecular weight excluding hydrogens is 300 g/mol. The van der Waals surface area contributed by atoms with E-state index in [9.17, 15) is 5.11 Å². The molecule has 0 saturated heterocycles. The molecule has 0 aromatic heterocycles. The van der Waals surface area contributed by atoms with Gasteiger partial charge in [-0.15, -0.1) is 0 Å². The summed E-state index contributed by atoms with van der Waals surface area (Å²) in [6.45, 7) is 2.06. The quantitative estimate of drug-likeness (QED) is 0.725. The lowest BCUT2D eigenvalue weighted by Crippen LogP contribution is -2.69. The van der Waals surface area contributed by atoms with Crippen molar-refractivity contribution in [2.24, 2.45) is 0 Å². The number of phenolic OH excluding ortho intramolecular Hbond substituents is 1. The van der Waals surface area contributed by atoms with Crippen LogP contribution in [0.4, 0.5) is 0 Å². The Balaban J connectivity index is 1.75. The van der Waals surface area contributed by atoms with Crippen molar-refractivity contribution in [3.8, 4) is 5.75 Å². The second-order valence-corrected chi connectivity index (χ2v) is 7.04. The summed E-state index contributed by atoms with van der Waals surface area (Å²) >= 11 is 3.64. The Hall–Kier alpha value is -1.46. The molecule has 3 nitrogen and oxygen atoms in total. The molecule has 0 aliphatic carbocycles. The molecule has 0 saturated carbocycles. The average Bonchev–Trinajstić information content (AvgIpc) is 3.18. The zero-order valence-corrected chi connectivity index (χ0v) is 13.3. The molecule has 3 N–H and O–H groups in total. The van der Waals surface area contributed by atoms with Crippen LogP contribution in [-0.2, 0) is 0 Å². The first-order valence-electron chi connectivity index (χ1n) is 6.98. The monoisotopic (exact) mass is 318 g/mol. The third-order valence-corrected chi connectivity index (χ3v) is 5.21. The van der Waals surface area contributed by atoms with Gasteiger partial charge in [0.25, 0.3) is 0 Å². The standard InChI is InChI=1S/C16H16N2OS2/c19-14-4-1-12(2-5-15-17-7-9-20-15)11-13(14)3-6-16-18-8-10-21-16/h1-6,11,19H,7-10H2/p+2/b5-2+,6-3+. The number of nitrogens with one attached hydrogen (secondary N) is 2. The third kappa shape index (κ3) is 4.02. The lowest BCUT2D eigenvalue weighted by atomic mass is 10.1. The van der Waals surface area contributed by atoms with Crippen LogP contribution < -0.4 is 9.98 Å². The Bertz CT molecular complexity index is 648. The maximum absolute atomic E-state index is 9.96. The molecule has 0 fully saturated rings. The van der Waals surface area contributed by atoms with Crippen LogP contribution in [0.5, 0.6) is 5.75 Å².